The molecule has 0 saturated carbocycles. The highest BCUT2D eigenvalue weighted by atomic mass is 32.1. The molecule has 0 radical (unpaired) electrons. The van der Waals surface area contributed by atoms with Crippen LogP contribution in [0.25, 0.3) is 5.76 Å². The van der Waals surface area contributed by atoms with Crippen LogP contribution in [-0.2, 0) is 9.59 Å². The summed E-state index contributed by atoms with van der Waals surface area (Å²) < 4.78 is 5.23. The number of aromatic nitrogens is 1. The van der Waals surface area contributed by atoms with Crippen molar-refractivity contribution in [2.24, 2.45) is 0 Å². The first kappa shape index (κ1) is 21.6. The number of aryl methyl sites for hydroxylation is 3. The lowest BCUT2D eigenvalue weighted by molar-refractivity contribution is -0.132. The van der Waals surface area contributed by atoms with Gasteiger partial charge in [0.15, 0.2) is 16.6 Å². The summed E-state index contributed by atoms with van der Waals surface area (Å²) in [6, 6.07) is 10.7. The molecule has 1 fully saturated rings. The Morgan fingerprint density at radius 3 is 2.38 bits per heavy atom. The van der Waals surface area contributed by atoms with Gasteiger partial charge in [-0.15, -0.1) is 11.3 Å². The SMILES string of the molecule is COc1cc([C@H]2/C(=C(\O)c3ccc(C)cc3)C(=O)C(=O)N2c2nc(C)c(C)s2)ccc1O. The highest BCUT2D eigenvalue weighted by Gasteiger charge is 2.48. The number of carbonyl (C=O) groups is 2. The lowest BCUT2D eigenvalue weighted by atomic mass is 9.95. The van der Waals surface area contributed by atoms with Gasteiger partial charge in [0.1, 0.15) is 5.76 Å². The third kappa shape index (κ3) is 3.52. The molecular weight excluding hydrogens is 428 g/mol. The molecular formula is C24H22N2O5S. The molecule has 2 heterocycles. The molecule has 2 N–H and O–H groups in total. The van der Waals surface area contributed by atoms with Gasteiger partial charge in [0.25, 0.3) is 5.78 Å². The molecule has 2 aromatic carbocycles. The fourth-order valence-corrected chi connectivity index (χ4v) is 4.57. The minimum atomic E-state index is -0.934. The topological polar surface area (TPSA) is 100.0 Å². The summed E-state index contributed by atoms with van der Waals surface area (Å²) in [6.07, 6.45) is 0. The molecule has 1 aliphatic rings. The quantitative estimate of drug-likeness (QED) is 0.347. The molecule has 0 unspecified atom stereocenters. The zero-order valence-electron chi connectivity index (χ0n) is 18.0. The Morgan fingerprint density at radius 1 is 1.09 bits per heavy atom. The summed E-state index contributed by atoms with van der Waals surface area (Å²) in [7, 11) is 1.41. The molecule has 3 aromatic rings. The number of phenols is 1. The smallest absolute Gasteiger partial charge is 0.301 e. The second-order valence-electron chi connectivity index (χ2n) is 7.60. The van der Waals surface area contributed by atoms with Crippen molar-refractivity contribution in [3.8, 4) is 11.5 Å². The van der Waals surface area contributed by atoms with Crippen molar-refractivity contribution in [3.05, 3.63) is 75.3 Å². The number of nitrogens with zero attached hydrogens (tertiary/aromatic N) is 2. The van der Waals surface area contributed by atoms with Crippen LogP contribution in [0.5, 0.6) is 11.5 Å². The Morgan fingerprint density at radius 2 is 1.78 bits per heavy atom. The normalized spacial score (nSPS) is 17.8. The van der Waals surface area contributed by atoms with E-state index in [4.69, 9.17) is 4.74 Å². The van der Waals surface area contributed by atoms with Gasteiger partial charge < -0.3 is 14.9 Å². The number of rotatable bonds is 4. The van der Waals surface area contributed by atoms with Crippen molar-refractivity contribution in [3.63, 3.8) is 0 Å². The number of thiazole rings is 1. The van der Waals surface area contributed by atoms with E-state index >= 15 is 0 Å². The van der Waals surface area contributed by atoms with E-state index in [1.165, 1.54) is 29.4 Å². The van der Waals surface area contributed by atoms with Crippen LogP contribution in [-0.4, -0.2) is 34.0 Å². The fraction of sp³-hybridized carbons (Fsp3) is 0.208. The number of ketones is 1. The molecule has 8 heteroatoms. The van der Waals surface area contributed by atoms with Crippen molar-refractivity contribution in [2.45, 2.75) is 26.8 Å². The average molecular weight is 451 g/mol. The van der Waals surface area contributed by atoms with Crippen molar-refractivity contribution < 1.29 is 24.5 Å². The lowest BCUT2D eigenvalue weighted by Gasteiger charge is -2.23. The summed E-state index contributed by atoms with van der Waals surface area (Å²) in [5, 5.41) is 21.5. The third-order valence-electron chi connectivity index (χ3n) is 5.51. The molecule has 0 spiro atoms. The number of hydrogen-bond donors (Lipinski definition) is 2. The molecule has 164 valence electrons. The molecule has 1 aliphatic heterocycles. The summed E-state index contributed by atoms with van der Waals surface area (Å²) in [4.78, 5) is 33.0. The Kier molecular flexibility index (Phi) is 5.48. The van der Waals surface area contributed by atoms with Crippen LogP contribution in [0.1, 0.15) is 33.3 Å². The molecule has 4 rings (SSSR count). The van der Waals surface area contributed by atoms with Crippen molar-refractivity contribution in [1.29, 1.82) is 0 Å². The van der Waals surface area contributed by atoms with E-state index in [1.807, 2.05) is 32.9 Å². The van der Waals surface area contributed by atoms with Gasteiger partial charge in [-0.25, -0.2) is 4.98 Å². The van der Waals surface area contributed by atoms with E-state index in [1.54, 1.807) is 24.3 Å². The van der Waals surface area contributed by atoms with Gasteiger partial charge in [-0.2, -0.15) is 0 Å². The number of aromatic hydroxyl groups is 1. The number of aliphatic hydroxyl groups is 1. The van der Waals surface area contributed by atoms with Gasteiger partial charge in [-0.05, 0) is 38.5 Å². The van der Waals surface area contributed by atoms with Crippen LogP contribution in [0.3, 0.4) is 0 Å². The van der Waals surface area contributed by atoms with E-state index in [2.05, 4.69) is 4.98 Å². The number of Topliss-reactive ketones (excluding diaryl/α,β-unsaturated/α-hetero) is 1. The largest absolute Gasteiger partial charge is 0.507 e. The highest BCUT2D eigenvalue weighted by molar-refractivity contribution is 7.16. The predicted octanol–water partition coefficient (Wildman–Crippen LogP) is 4.41. The molecule has 1 aromatic heterocycles. The van der Waals surface area contributed by atoms with E-state index in [0.29, 0.717) is 16.3 Å². The summed E-state index contributed by atoms with van der Waals surface area (Å²) in [6.45, 7) is 5.63. The van der Waals surface area contributed by atoms with Crippen LogP contribution in [0, 0.1) is 20.8 Å². The highest BCUT2D eigenvalue weighted by Crippen LogP contribution is 2.45. The summed E-state index contributed by atoms with van der Waals surface area (Å²) >= 11 is 1.30. The number of aliphatic hydroxyl groups excluding tert-OH is 1. The summed E-state index contributed by atoms with van der Waals surface area (Å²) in [5.74, 6) is -1.73. The van der Waals surface area contributed by atoms with Crippen LogP contribution >= 0.6 is 11.3 Å². The number of anilines is 1. The van der Waals surface area contributed by atoms with E-state index in [0.717, 1.165) is 16.1 Å². The van der Waals surface area contributed by atoms with Crippen LogP contribution in [0.15, 0.2) is 48.0 Å². The number of carbonyl (C=O) groups excluding carboxylic acids is 2. The Bertz CT molecular complexity index is 1240. The first-order chi connectivity index (χ1) is 15.2. The molecule has 1 saturated heterocycles. The number of ether oxygens (including phenoxy) is 1. The Balaban J connectivity index is 1.97. The van der Waals surface area contributed by atoms with Gasteiger partial charge in [0, 0.05) is 10.4 Å². The maximum absolute atomic E-state index is 13.2. The number of amides is 1. The molecule has 0 bridgehead atoms. The zero-order valence-corrected chi connectivity index (χ0v) is 18.9. The number of hydrogen-bond acceptors (Lipinski definition) is 7. The minimum absolute atomic E-state index is 0.0443. The molecule has 1 amide bonds. The lowest BCUT2D eigenvalue weighted by Crippen LogP contribution is -2.29. The second kappa shape index (κ2) is 8.12. The van der Waals surface area contributed by atoms with Gasteiger partial charge >= 0.3 is 5.91 Å². The zero-order chi connectivity index (χ0) is 23.2. The average Bonchev–Trinajstić information content (AvgIpc) is 3.24. The predicted molar refractivity (Wildman–Crippen MR) is 122 cm³/mol. The maximum Gasteiger partial charge on any atom is 0.301 e. The summed E-state index contributed by atoms with van der Waals surface area (Å²) in [5.41, 5.74) is 2.63. The van der Waals surface area contributed by atoms with E-state index in [-0.39, 0.29) is 22.8 Å². The molecule has 0 aliphatic carbocycles. The van der Waals surface area contributed by atoms with E-state index in [9.17, 15) is 19.8 Å². The maximum atomic E-state index is 13.2. The van der Waals surface area contributed by atoms with Crippen molar-refractivity contribution in [1.82, 2.24) is 4.98 Å². The van der Waals surface area contributed by atoms with Crippen LogP contribution in [0.4, 0.5) is 5.13 Å². The second-order valence-corrected chi connectivity index (χ2v) is 8.79. The van der Waals surface area contributed by atoms with Crippen molar-refractivity contribution in [2.75, 3.05) is 12.0 Å². The molecule has 32 heavy (non-hydrogen) atoms. The first-order valence-electron chi connectivity index (χ1n) is 9.92. The number of benzene rings is 2. The standard InChI is InChI=1S/C24H22N2O5S/c1-12-5-7-15(8-6-12)21(28)19-20(16-9-10-17(27)18(11-16)31-4)26(23(30)22(19)29)24-25-13(2)14(3)32-24/h5-11,20,27-28H,1-4H3/b21-19+/t20-/m0/s1. The molecule has 1 atom stereocenters. The van der Waals surface area contributed by atoms with Gasteiger partial charge in [0.05, 0.1) is 24.4 Å². The van der Waals surface area contributed by atoms with Gasteiger partial charge in [-0.1, -0.05) is 35.9 Å². The number of methoxy groups -OCH3 is 1. The van der Waals surface area contributed by atoms with E-state index < -0.39 is 17.7 Å². The van der Waals surface area contributed by atoms with Crippen molar-refractivity contribution >= 4 is 33.9 Å². The third-order valence-corrected chi connectivity index (χ3v) is 6.58. The molecule has 7 nitrogen and oxygen atoms in total. The first-order valence-corrected chi connectivity index (χ1v) is 10.7. The Hall–Kier alpha value is -3.65. The monoisotopic (exact) mass is 450 g/mol. The minimum Gasteiger partial charge on any atom is -0.507 e. The van der Waals surface area contributed by atoms with Crippen LogP contribution in [0.2, 0.25) is 0 Å². The van der Waals surface area contributed by atoms with Gasteiger partial charge in [-0.3, -0.25) is 14.5 Å². The Labute approximate surface area is 189 Å². The number of phenolic OH excluding ortho intramolecular Hbond substituents is 1. The van der Waals surface area contributed by atoms with Gasteiger partial charge in [0.2, 0.25) is 0 Å². The van der Waals surface area contributed by atoms with Crippen LogP contribution < -0.4 is 9.64 Å². The fourth-order valence-electron chi connectivity index (χ4n) is 3.64.